The Labute approximate surface area is 185 Å². The Balaban J connectivity index is 1.97. The Morgan fingerprint density at radius 1 is 1.33 bits per heavy atom. The fraction of sp³-hybridized carbons (Fsp3) is 0.429. The van der Waals surface area contributed by atoms with Crippen molar-refractivity contribution in [2.75, 3.05) is 31.6 Å². The lowest BCUT2D eigenvalue weighted by Gasteiger charge is -2.16. The van der Waals surface area contributed by atoms with Crippen molar-refractivity contribution < 1.29 is 9.53 Å². The van der Waals surface area contributed by atoms with Gasteiger partial charge in [0, 0.05) is 32.5 Å². The largest absolute Gasteiger partial charge is 0.382 e. The zero-order valence-electron chi connectivity index (χ0n) is 17.4. The van der Waals surface area contributed by atoms with Crippen LogP contribution in [0.3, 0.4) is 0 Å². The summed E-state index contributed by atoms with van der Waals surface area (Å²) >= 11 is 6.60. The summed E-state index contributed by atoms with van der Waals surface area (Å²) in [4.78, 5) is 32.7. The van der Waals surface area contributed by atoms with Gasteiger partial charge < -0.3 is 10.1 Å². The predicted octanol–water partition coefficient (Wildman–Crippen LogP) is 3.39. The van der Waals surface area contributed by atoms with Crippen LogP contribution in [0.4, 0.5) is 5.82 Å². The number of amides is 1. The molecule has 30 heavy (non-hydrogen) atoms. The molecule has 3 rings (SSSR count). The second-order valence-electron chi connectivity index (χ2n) is 7.27. The lowest BCUT2D eigenvalue weighted by atomic mass is 10.2. The molecule has 1 N–H and O–H groups in total. The molecule has 9 heteroatoms. The van der Waals surface area contributed by atoms with Gasteiger partial charge in [-0.1, -0.05) is 43.9 Å². The molecular formula is C21H26N4O3S2. The van der Waals surface area contributed by atoms with Crippen LogP contribution in [-0.4, -0.2) is 50.8 Å². The molecule has 1 aliphatic rings. The Hall–Kier alpha value is -2.23. The van der Waals surface area contributed by atoms with Crippen LogP contribution in [0.5, 0.6) is 0 Å². The van der Waals surface area contributed by atoms with E-state index < -0.39 is 0 Å². The maximum absolute atomic E-state index is 13.2. The highest BCUT2D eigenvalue weighted by atomic mass is 32.2. The second kappa shape index (κ2) is 10.2. The number of aromatic nitrogens is 2. The highest BCUT2D eigenvalue weighted by Crippen LogP contribution is 2.33. The van der Waals surface area contributed by atoms with Gasteiger partial charge in [-0.05, 0) is 37.5 Å². The van der Waals surface area contributed by atoms with E-state index in [9.17, 15) is 9.59 Å². The van der Waals surface area contributed by atoms with Gasteiger partial charge in [0.05, 0.1) is 10.5 Å². The smallest absolute Gasteiger partial charge is 0.267 e. The minimum atomic E-state index is -0.234. The second-order valence-corrected chi connectivity index (χ2v) is 8.95. The molecule has 0 aromatic carbocycles. The van der Waals surface area contributed by atoms with Crippen LogP contribution >= 0.6 is 24.0 Å². The van der Waals surface area contributed by atoms with E-state index in [1.54, 1.807) is 29.3 Å². The van der Waals surface area contributed by atoms with Gasteiger partial charge in [0.25, 0.3) is 11.5 Å². The summed E-state index contributed by atoms with van der Waals surface area (Å²) in [5.41, 5.74) is 0.654. The minimum absolute atomic E-state index is 0.168. The first-order valence-electron chi connectivity index (χ1n) is 10.0. The number of fused-ring (bicyclic) bond motifs is 1. The third-order valence-corrected chi connectivity index (χ3v) is 5.81. The van der Waals surface area contributed by atoms with Gasteiger partial charge in [-0.15, -0.1) is 0 Å². The molecule has 1 aliphatic heterocycles. The van der Waals surface area contributed by atoms with Crippen molar-refractivity contribution in [2.24, 2.45) is 5.92 Å². The van der Waals surface area contributed by atoms with Crippen molar-refractivity contribution in [3.8, 4) is 0 Å². The molecule has 2 aromatic rings. The first-order valence-corrected chi connectivity index (χ1v) is 11.2. The predicted molar refractivity (Wildman–Crippen MR) is 126 cm³/mol. The molecule has 2 aromatic heterocycles. The van der Waals surface area contributed by atoms with Gasteiger partial charge in [-0.2, -0.15) is 0 Å². The number of nitrogens with zero attached hydrogens (tertiary/aromatic N) is 3. The van der Waals surface area contributed by atoms with Gasteiger partial charge in [0.2, 0.25) is 0 Å². The summed E-state index contributed by atoms with van der Waals surface area (Å²) in [7, 11) is 0. The topological polar surface area (TPSA) is 75.9 Å². The van der Waals surface area contributed by atoms with Crippen molar-refractivity contribution >= 4 is 51.7 Å². The van der Waals surface area contributed by atoms with Crippen molar-refractivity contribution in [3.05, 3.63) is 45.2 Å². The average Bonchev–Trinajstić information content (AvgIpc) is 2.97. The van der Waals surface area contributed by atoms with Crippen LogP contribution < -0.4 is 10.9 Å². The van der Waals surface area contributed by atoms with E-state index in [2.05, 4.69) is 10.3 Å². The minimum Gasteiger partial charge on any atom is -0.382 e. The quantitative estimate of drug-likeness (QED) is 0.359. The van der Waals surface area contributed by atoms with Crippen molar-refractivity contribution in [1.29, 1.82) is 0 Å². The standard InChI is InChI=1S/C21H26N4O3S2/c1-4-28-11-7-9-22-18-15(19(26)24-10-6-5-8-17(24)23-18)12-16-20(27)25(13-14(2)3)21(29)30-16/h5-6,8,10,12,14,22H,4,7,9,11,13H2,1-3H3/b16-12+. The van der Waals surface area contributed by atoms with Crippen LogP contribution in [0.1, 0.15) is 32.8 Å². The number of carbonyl (C=O) groups is 1. The average molecular weight is 447 g/mol. The normalized spacial score (nSPS) is 15.7. The molecule has 0 atom stereocenters. The van der Waals surface area contributed by atoms with E-state index in [4.69, 9.17) is 17.0 Å². The van der Waals surface area contributed by atoms with E-state index >= 15 is 0 Å². The summed E-state index contributed by atoms with van der Waals surface area (Å²) in [6.45, 7) is 8.47. The molecule has 7 nitrogen and oxygen atoms in total. The zero-order chi connectivity index (χ0) is 21.7. The SMILES string of the molecule is CCOCCCNc1nc2ccccn2c(=O)c1/C=C1/SC(=S)N(CC(C)C)C1=O. The van der Waals surface area contributed by atoms with Crippen LogP contribution in [0.2, 0.25) is 0 Å². The fourth-order valence-corrected chi connectivity index (χ4v) is 4.30. The summed E-state index contributed by atoms with van der Waals surface area (Å²) in [6, 6.07) is 5.38. The number of thioether (sulfide) groups is 1. The van der Waals surface area contributed by atoms with Gasteiger partial charge in [-0.3, -0.25) is 18.9 Å². The van der Waals surface area contributed by atoms with Crippen LogP contribution in [0.15, 0.2) is 34.1 Å². The summed E-state index contributed by atoms with van der Waals surface area (Å²) in [6.07, 6.45) is 4.06. The molecule has 1 saturated heterocycles. The lowest BCUT2D eigenvalue weighted by Crippen LogP contribution is -2.31. The summed E-state index contributed by atoms with van der Waals surface area (Å²) in [5.74, 6) is 0.581. The molecule has 0 aliphatic carbocycles. The van der Waals surface area contributed by atoms with Crippen LogP contribution in [0.25, 0.3) is 11.7 Å². The number of hydrogen-bond donors (Lipinski definition) is 1. The molecular weight excluding hydrogens is 420 g/mol. The Kier molecular flexibility index (Phi) is 7.63. The molecule has 160 valence electrons. The first-order chi connectivity index (χ1) is 14.4. The number of thiocarbonyl (C=S) groups is 1. The molecule has 1 amide bonds. The molecule has 3 heterocycles. The van der Waals surface area contributed by atoms with Crippen LogP contribution in [0, 0.1) is 5.92 Å². The van der Waals surface area contributed by atoms with E-state index in [0.29, 0.717) is 58.5 Å². The Morgan fingerprint density at radius 2 is 2.13 bits per heavy atom. The highest BCUT2D eigenvalue weighted by Gasteiger charge is 2.32. The number of rotatable bonds is 9. The van der Waals surface area contributed by atoms with Gasteiger partial charge >= 0.3 is 0 Å². The van der Waals surface area contributed by atoms with Crippen molar-refractivity contribution in [3.63, 3.8) is 0 Å². The molecule has 0 unspecified atom stereocenters. The van der Waals surface area contributed by atoms with E-state index in [1.165, 1.54) is 16.2 Å². The molecule has 0 spiro atoms. The van der Waals surface area contributed by atoms with Crippen LogP contribution in [-0.2, 0) is 9.53 Å². The van der Waals surface area contributed by atoms with E-state index in [0.717, 1.165) is 6.42 Å². The fourth-order valence-electron chi connectivity index (χ4n) is 3.05. The maximum Gasteiger partial charge on any atom is 0.267 e. The number of nitrogens with one attached hydrogen (secondary N) is 1. The maximum atomic E-state index is 13.2. The number of hydrogen-bond acceptors (Lipinski definition) is 7. The number of pyridine rings is 1. The lowest BCUT2D eigenvalue weighted by molar-refractivity contribution is -0.122. The number of ether oxygens (including phenoxy) is 1. The number of anilines is 1. The van der Waals surface area contributed by atoms with E-state index in [1.807, 2.05) is 26.8 Å². The Bertz CT molecular complexity index is 1030. The molecule has 0 bridgehead atoms. The number of carbonyl (C=O) groups excluding carboxylic acids is 1. The van der Waals surface area contributed by atoms with Gasteiger partial charge in [0.1, 0.15) is 15.8 Å². The molecule has 0 radical (unpaired) electrons. The van der Waals surface area contributed by atoms with Crippen molar-refractivity contribution in [1.82, 2.24) is 14.3 Å². The Morgan fingerprint density at radius 3 is 2.87 bits per heavy atom. The van der Waals surface area contributed by atoms with E-state index in [-0.39, 0.29) is 11.5 Å². The highest BCUT2D eigenvalue weighted by molar-refractivity contribution is 8.26. The molecule has 0 saturated carbocycles. The summed E-state index contributed by atoms with van der Waals surface area (Å²) < 4.78 is 7.36. The van der Waals surface area contributed by atoms with Gasteiger partial charge in [0.15, 0.2) is 0 Å². The third-order valence-electron chi connectivity index (χ3n) is 4.43. The van der Waals surface area contributed by atoms with Gasteiger partial charge in [-0.25, -0.2) is 4.98 Å². The first kappa shape index (κ1) is 22.5. The summed E-state index contributed by atoms with van der Waals surface area (Å²) in [5, 5.41) is 3.23. The van der Waals surface area contributed by atoms with Crippen molar-refractivity contribution in [2.45, 2.75) is 27.2 Å². The molecule has 1 fully saturated rings. The monoisotopic (exact) mass is 446 g/mol. The zero-order valence-corrected chi connectivity index (χ0v) is 19.0. The third kappa shape index (κ3) is 5.08.